The van der Waals surface area contributed by atoms with Crippen molar-refractivity contribution in [2.45, 2.75) is 13.8 Å². The SMILES string of the molecule is CC(=N)c1ccc(NC(C)=O)cc1. The first-order valence-corrected chi connectivity index (χ1v) is 4.03. The van der Waals surface area contributed by atoms with Gasteiger partial charge in [-0.05, 0) is 24.6 Å². The van der Waals surface area contributed by atoms with Crippen molar-refractivity contribution in [3.8, 4) is 0 Å². The Balaban J connectivity index is 2.81. The van der Waals surface area contributed by atoms with E-state index in [2.05, 4.69) is 5.32 Å². The molecular weight excluding hydrogens is 164 g/mol. The van der Waals surface area contributed by atoms with E-state index in [1.165, 1.54) is 6.92 Å². The maximum atomic E-state index is 10.7. The highest BCUT2D eigenvalue weighted by Crippen LogP contribution is 2.09. The van der Waals surface area contributed by atoms with Crippen molar-refractivity contribution in [3.63, 3.8) is 0 Å². The lowest BCUT2D eigenvalue weighted by Crippen LogP contribution is -2.05. The average Bonchev–Trinajstić information content (AvgIpc) is 2.04. The number of rotatable bonds is 2. The topological polar surface area (TPSA) is 53.0 Å². The molecule has 3 heteroatoms. The normalized spacial score (nSPS) is 9.38. The third kappa shape index (κ3) is 2.71. The first-order valence-electron chi connectivity index (χ1n) is 4.03. The van der Waals surface area contributed by atoms with E-state index >= 15 is 0 Å². The van der Waals surface area contributed by atoms with Crippen LogP contribution in [0.2, 0.25) is 0 Å². The third-order valence-corrected chi connectivity index (χ3v) is 1.64. The zero-order valence-electron chi connectivity index (χ0n) is 7.72. The van der Waals surface area contributed by atoms with Gasteiger partial charge in [-0.3, -0.25) is 4.79 Å². The van der Waals surface area contributed by atoms with Gasteiger partial charge in [0.25, 0.3) is 0 Å². The van der Waals surface area contributed by atoms with E-state index in [0.717, 1.165) is 11.3 Å². The van der Waals surface area contributed by atoms with Crippen molar-refractivity contribution in [2.75, 3.05) is 5.32 Å². The van der Waals surface area contributed by atoms with E-state index in [1.54, 1.807) is 19.1 Å². The second-order valence-electron chi connectivity index (χ2n) is 2.88. The molecule has 1 rings (SSSR count). The van der Waals surface area contributed by atoms with Gasteiger partial charge in [0.1, 0.15) is 0 Å². The van der Waals surface area contributed by atoms with Crippen LogP contribution in [0.15, 0.2) is 24.3 Å². The molecule has 68 valence electrons. The summed E-state index contributed by atoms with van der Waals surface area (Å²) in [5.41, 5.74) is 2.15. The quantitative estimate of drug-likeness (QED) is 0.665. The highest BCUT2D eigenvalue weighted by molar-refractivity contribution is 5.97. The van der Waals surface area contributed by atoms with E-state index in [1.807, 2.05) is 12.1 Å². The Kier molecular flexibility index (Phi) is 2.80. The molecule has 0 aliphatic rings. The molecule has 0 aliphatic heterocycles. The van der Waals surface area contributed by atoms with Crippen molar-refractivity contribution >= 4 is 17.3 Å². The van der Waals surface area contributed by atoms with Gasteiger partial charge in [-0.1, -0.05) is 12.1 Å². The van der Waals surface area contributed by atoms with Crippen molar-refractivity contribution in [3.05, 3.63) is 29.8 Å². The summed E-state index contributed by atoms with van der Waals surface area (Å²) in [7, 11) is 0. The lowest BCUT2D eigenvalue weighted by molar-refractivity contribution is -0.114. The van der Waals surface area contributed by atoms with Gasteiger partial charge >= 0.3 is 0 Å². The second-order valence-corrected chi connectivity index (χ2v) is 2.88. The summed E-state index contributed by atoms with van der Waals surface area (Å²) in [4.78, 5) is 10.7. The number of hydrogen-bond donors (Lipinski definition) is 2. The summed E-state index contributed by atoms with van der Waals surface area (Å²) in [5, 5.41) is 10.0. The van der Waals surface area contributed by atoms with E-state index < -0.39 is 0 Å². The molecule has 0 radical (unpaired) electrons. The van der Waals surface area contributed by atoms with Gasteiger partial charge in [-0.2, -0.15) is 0 Å². The molecule has 0 fully saturated rings. The number of carbonyl (C=O) groups excluding carboxylic acids is 1. The first-order chi connectivity index (χ1) is 6.09. The summed E-state index contributed by atoms with van der Waals surface area (Å²) in [6, 6.07) is 7.20. The number of amides is 1. The van der Waals surface area contributed by atoms with Crippen LogP contribution in [0, 0.1) is 5.41 Å². The van der Waals surface area contributed by atoms with Crippen molar-refractivity contribution in [2.24, 2.45) is 0 Å². The lowest BCUT2D eigenvalue weighted by atomic mass is 10.1. The molecule has 0 unspecified atom stereocenters. The van der Waals surface area contributed by atoms with Gasteiger partial charge in [-0.25, -0.2) is 0 Å². The average molecular weight is 176 g/mol. The largest absolute Gasteiger partial charge is 0.326 e. The minimum atomic E-state index is -0.0840. The predicted octanol–water partition coefficient (Wildman–Crippen LogP) is 2.03. The van der Waals surface area contributed by atoms with Crippen LogP contribution in [-0.2, 0) is 4.79 Å². The maximum absolute atomic E-state index is 10.7. The van der Waals surface area contributed by atoms with E-state index in [0.29, 0.717) is 5.71 Å². The number of benzene rings is 1. The monoisotopic (exact) mass is 176 g/mol. The number of anilines is 1. The summed E-state index contributed by atoms with van der Waals surface area (Å²) in [6.45, 7) is 3.20. The van der Waals surface area contributed by atoms with Crippen LogP contribution in [0.25, 0.3) is 0 Å². The highest BCUT2D eigenvalue weighted by Gasteiger charge is 1.96. The number of hydrogen-bond acceptors (Lipinski definition) is 2. The zero-order chi connectivity index (χ0) is 9.84. The molecule has 0 saturated carbocycles. The standard InChI is InChI=1S/C10H12N2O/c1-7(11)9-3-5-10(6-4-9)12-8(2)13/h3-6,11H,1-2H3,(H,12,13). The Morgan fingerprint density at radius 1 is 1.23 bits per heavy atom. The molecule has 0 aromatic heterocycles. The third-order valence-electron chi connectivity index (χ3n) is 1.64. The number of carbonyl (C=O) groups is 1. The molecule has 0 saturated heterocycles. The summed E-state index contributed by atoms with van der Waals surface area (Å²) in [6.07, 6.45) is 0. The molecular formula is C10H12N2O. The summed E-state index contributed by atoms with van der Waals surface area (Å²) < 4.78 is 0. The predicted molar refractivity (Wildman–Crippen MR) is 53.2 cm³/mol. The summed E-state index contributed by atoms with van der Waals surface area (Å²) in [5.74, 6) is -0.0840. The zero-order valence-corrected chi connectivity index (χ0v) is 7.72. The van der Waals surface area contributed by atoms with Gasteiger partial charge in [0.05, 0.1) is 0 Å². The van der Waals surface area contributed by atoms with Crippen LogP contribution in [0.3, 0.4) is 0 Å². The van der Waals surface area contributed by atoms with Crippen LogP contribution in [0.1, 0.15) is 19.4 Å². The fraction of sp³-hybridized carbons (Fsp3) is 0.200. The minimum absolute atomic E-state index is 0.0840. The molecule has 2 N–H and O–H groups in total. The molecule has 1 amide bonds. The van der Waals surface area contributed by atoms with Gasteiger partial charge < -0.3 is 10.7 Å². The van der Waals surface area contributed by atoms with Gasteiger partial charge in [0.15, 0.2) is 0 Å². The van der Waals surface area contributed by atoms with Gasteiger partial charge in [0.2, 0.25) is 5.91 Å². The Morgan fingerprint density at radius 3 is 2.15 bits per heavy atom. The summed E-state index contributed by atoms with van der Waals surface area (Å²) >= 11 is 0. The smallest absolute Gasteiger partial charge is 0.221 e. The highest BCUT2D eigenvalue weighted by atomic mass is 16.1. The Hall–Kier alpha value is -1.64. The first kappa shape index (κ1) is 9.45. The fourth-order valence-electron chi connectivity index (χ4n) is 1.01. The maximum Gasteiger partial charge on any atom is 0.221 e. The number of nitrogens with one attached hydrogen (secondary N) is 2. The van der Waals surface area contributed by atoms with Gasteiger partial charge in [-0.15, -0.1) is 0 Å². The molecule has 0 bridgehead atoms. The van der Waals surface area contributed by atoms with Crippen LogP contribution in [0.4, 0.5) is 5.69 Å². The second kappa shape index (κ2) is 3.85. The molecule has 1 aromatic rings. The van der Waals surface area contributed by atoms with Crippen LogP contribution in [0.5, 0.6) is 0 Å². The van der Waals surface area contributed by atoms with Crippen molar-refractivity contribution in [1.29, 1.82) is 5.41 Å². The molecule has 13 heavy (non-hydrogen) atoms. The lowest BCUT2D eigenvalue weighted by Gasteiger charge is -2.02. The minimum Gasteiger partial charge on any atom is -0.326 e. The van der Waals surface area contributed by atoms with Crippen LogP contribution < -0.4 is 5.32 Å². The molecule has 3 nitrogen and oxygen atoms in total. The molecule has 0 atom stereocenters. The Labute approximate surface area is 77.3 Å². The molecule has 0 aliphatic carbocycles. The van der Waals surface area contributed by atoms with Crippen LogP contribution in [-0.4, -0.2) is 11.6 Å². The fourth-order valence-corrected chi connectivity index (χ4v) is 1.01. The van der Waals surface area contributed by atoms with Crippen LogP contribution >= 0.6 is 0 Å². The molecule has 0 heterocycles. The molecule has 0 spiro atoms. The van der Waals surface area contributed by atoms with E-state index in [-0.39, 0.29) is 5.91 Å². The van der Waals surface area contributed by atoms with Gasteiger partial charge in [0, 0.05) is 18.3 Å². The van der Waals surface area contributed by atoms with Crippen molar-refractivity contribution in [1.82, 2.24) is 0 Å². The van der Waals surface area contributed by atoms with E-state index in [4.69, 9.17) is 5.41 Å². The Bertz CT molecular complexity index is 327. The Morgan fingerprint density at radius 2 is 1.77 bits per heavy atom. The van der Waals surface area contributed by atoms with E-state index in [9.17, 15) is 4.79 Å². The van der Waals surface area contributed by atoms with Crippen molar-refractivity contribution < 1.29 is 4.79 Å². The molecule has 1 aromatic carbocycles.